The summed E-state index contributed by atoms with van der Waals surface area (Å²) in [4.78, 5) is 29.7. The van der Waals surface area contributed by atoms with Crippen LogP contribution in [-0.2, 0) is 9.53 Å². The Kier molecular flexibility index (Phi) is 5.08. The van der Waals surface area contributed by atoms with Gasteiger partial charge in [-0.05, 0) is 18.8 Å². The van der Waals surface area contributed by atoms with Crippen LogP contribution in [0.5, 0.6) is 0 Å². The Bertz CT molecular complexity index is 565. The Hall–Kier alpha value is -2.45. The largest absolute Gasteiger partial charge is 0.469 e. The smallest absolute Gasteiger partial charge is 0.352 e. The zero-order chi connectivity index (χ0) is 16.1. The number of rotatable bonds is 5. The quantitative estimate of drug-likeness (QED) is 0.473. The van der Waals surface area contributed by atoms with Crippen LogP contribution in [0.2, 0.25) is 0 Å². The fraction of sp³-hybridized carbons (Fsp3) is 0.615. The third-order valence-electron chi connectivity index (χ3n) is 3.98. The minimum Gasteiger partial charge on any atom is -0.469 e. The molecular weight excluding hydrogens is 290 g/mol. The first-order valence-electron chi connectivity index (χ1n) is 7.11. The van der Waals surface area contributed by atoms with E-state index in [2.05, 4.69) is 15.3 Å². The molecule has 22 heavy (non-hydrogen) atoms. The van der Waals surface area contributed by atoms with Gasteiger partial charge in [0.1, 0.15) is 6.33 Å². The van der Waals surface area contributed by atoms with Crippen molar-refractivity contribution in [1.82, 2.24) is 9.97 Å². The van der Waals surface area contributed by atoms with E-state index in [0.29, 0.717) is 6.54 Å². The van der Waals surface area contributed by atoms with Gasteiger partial charge in [0.05, 0.1) is 18.0 Å². The second-order valence-corrected chi connectivity index (χ2v) is 5.27. The lowest BCUT2D eigenvalue weighted by molar-refractivity contribution is -0.383. The molecule has 1 saturated carbocycles. The molecule has 1 aliphatic carbocycles. The number of carbonyl (C=O) groups excluding carboxylic acids is 1. The van der Waals surface area contributed by atoms with Crippen molar-refractivity contribution in [3.8, 4) is 0 Å². The molecule has 0 radical (unpaired) electrons. The van der Waals surface area contributed by atoms with Crippen LogP contribution in [0.3, 0.4) is 0 Å². The number of methoxy groups -OCH3 is 1. The van der Waals surface area contributed by atoms with Gasteiger partial charge >= 0.3 is 11.7 Å². The zero-order valence-corrected chi connectivity index (χ0v) is 12.3. The van der Waals surface area contributed by atoms with E-state index in [1.54, 1.807) is 0 Å². The number of esters is 1. The fourth-order valence-corrected chi connectivity index (χ4v) is 2.84. The van der Waals surface area contributed by atoms with Crippen molar-refractivity contribution >= 4 is 23.3 Å². The highest BCUT2D eigenvalue weighted by Crippen LogP contribution is 2.32. The maximum absolute atomic E-state index is 11.8. The number of nitro groups is 1. The molecule has 0 bridgehead atoms. The molecule has 0 aromatic carbocycles. The average molecular weight is 309 g/mol. The lowest BCUT2D eigenvalue weighted by atomic mass is 9.79. The van der Waals surface area contributed by atoms with Crippen molar-refractivity contribution in [2.24, 2.45) is 11.8 Å². The monoisotopic (exact) mass is 309 g/mol. The van der Waals surface area contributed by atoms with Crippen LogP contribution < -0.4 is 11.1 Å². The third-order valence-corrected chi connectivity index (χ3v) is 3.98. The van der Waals surface area contributed by atoms with Gasteiger partial charge in [-0.25, -0.2) is 9.97 Å². The van der Waals surface area contributed by atoms with Gasteiger partial charge in [0.2, 0.25) is 11.6 Å². The number of carbonyl (C=O) groups is 1. The van der Waals surface area contributed by atoms with E-state index in [-0.39, 0.29) is 35.1 Å². The first kappa shape index (κ1) is 15.9. The highest BCUT2D eigenvalue weighted by Gasteiger charge is 2.32. The number of hydrogen-bond acceptors (Lipinski definition) is 8. The second-order valence-electron chi connectivity index (χ2n) is 5.27. The molecule has 9 nitrogen and oxygen atoms in total. The Balaban J connectivity index is 2.10. The lowest BCUT2D eigenvalue weighted by Crippen LogP contribution is -2.33. The average Bonchev–Trinajstić information content (AvgIpc) is 2.52. The van der Waals surface area contributed by atoms with Crippen LogP contribution in [-0.4, -0.2) is 34.5 Å². The molecule has 0 saturated heterocycles. The van der Waals surface area contributed by atoms with E-state index in [1.807, 2.05) is 0 Å². The molecule has 2 rings (SSSR count). The summed E-state index contributed by atoms with van der Waals surface area (Å²) < 4.78 is 4.83. The van der Waals surface area contributed by atoms with Crippen LogP contribution in [0, 0.1) is 22.0 Å². The normalized spacial score (nSPS) is 21.1. The van der Waals surface area contributed by atoms with Crippen molar-refractivity contribution < 1.29 is 14.5 Å². The molecule has 0 spiro atoms. The van der Waals surface area contributed by atoms with E-state index >= 15 is 0 Å². The predicted molar refractivity (Wildman–Crippen MR) is 79.1 cm³/mol. The second kappa shape index (κ2) is 7.01. The summed E-state index contributed by atoms with van der Waals surface area (Å²) in [6.07, 6.45) is 4.81. The first-order valence-corrected chi connectivity index (χ1v) is 7.11. The van der Waals surface area contributed by atoms with Crippen LogP contribution in [0.25, 0.3) is 0 Å². The van der Waals surface area contributed by atoms with Crippen molar-refractivity contribution in [3.05, 3.63) is 16.4 Å². The number of aromatic nitrogens is 2. The van der Waals surface area contributed by atoms with E-state index in [1.165, 1.54) is 13.4 Å². The third kappa shape index (κ3) is 3.41. The lowest BCUT2D eigenvalue weighted by Gasteiger charge is -2.29. The number of anilines is 2. The van der Waals surface area contributed by atoms with Crippen molar-refractivity contribution in [2.75, 3.05) is 24.7 Å². The summed E-state index contributed by atoms with van der Waals surface area (Å²) in [5.74, 6) is -0.480. The van der Waals surface area contributed by atoms with Crippen LogP contribution in [0.15, 0.2) is 6.33 Å². The van der Waals surface area contributed by atoms with Gasteiger partial charge < -0.3 is 15.8 Å². The molecule has 9 heteroatoms. The van der Waals surface area contributed by atoms with Gasteiger partial charge in [0, 0.05) is 6.54 Å². The van der Waals surface area contributed by atoms with E-state index in [9.17, 15) is 14.9 Å². The van der Waals surface area contributed by atoms with Gasteiger partial charge in [0.25, 0.3) is 0 Å². The molecule has 3 N–H and O–H groups in total. The summed E-state index contributed by atoms with van der Waals surface area (Å²) in [7, 11) is 1.37. The molecule has 2 unspecified atom stereocenters. The molecule has 1 fully saturated rings. The molecule has 0 aliphatic heterocycles. The topological polar surface area (TPSA) is 133 Å². The van der Waals surface area contributed by atoms with E-state index < -0.39 is 4.92 Å². The standard InChI is InChI=1S/C13H19N5O4/c1-22-13(19)9-5-3-2-4-8(9)6-15-12-10(18(20)21)11(14)16-7-17-12/h7-9H,2-6H2,1H3,(H3,14,15,16,17). The van der Waals surface area contributed by atoms with Gasteiger partial charge in [-0.3, -0.25) is 14.9 Å². The molecule has 1 aliphatic rings. The molecule has 0 amide bonds. The summed E-state index contributed by atoms with van der Waals surface area (Å²) in [6, 6.07) is 0. The zero-order valence-electron chi connectivity index (χ0n) is 12.3. The molecule has 2 atom stereocenters. The van der Waals surface area contributed by atoms with Gasteiger partial charge in [-0.15, -0.1) is 0 Å². The molecular formula is C13H19N5O4. The number of ether oxygens (including phenoxy) is 1. The minimum absolute atomic E-state index is 0.0528. The van der Waals surface area contributed by atoms with E-state index in [0.717, 1.165) is 25.7 Å². The maximum atomic E-state index is 11.8. The van der Waals surface area contributed by atoms with Crippen LogP contribution in [0.1, 0.15) is 25.7 Å². The van der Waals surface area contributed by atoms with Gasteiger partial charge in [0.15, 0.2) is 0 Å². The summed E-state index contributed by atoms with van der Waals surface area (Å²) in [6.45, 7) is 0.400. The highest BCUT2D eigenvalue weighted by atomic mass is 16.6. The molecule has 1 aromatic rings. The predicted octanol–water partition coefficient (Wildman–Crippen LogP) is 1.36. The summed E-state index contributed by atoms with van der Waals surface area (Å²) in [5.41, 5.74) is 5.18. The Labute approximate surface area is 127 Å². The summed E-state index contributed by atoms with van der Waals surface area (Å²) in [5, 5.41) is 14.0. The Morgan fingerprint density at radius 3 is 2.91 bits per heavy atom. The highest BCUT2D eigenvalue weighted by molar-refractivity contribution is 5.73. The maximum Gasteiger partial charge on any atom is 0.352 e. The molecule has 1 heterocycles. The Morgan fingerprint density at radius 1 is 1.50 bits per heavy atom. The van der Waals surface area contributed by atoms with Crippen molar-refractivity contribution in [2.45, 2.75) is 25.7 Å². The van der Waals surface area contributed by atoms with Crippen LogP contribution >= 0.6 is 0 Å². The van der Waals surface area contributed by atoms with Crippen molar-refractivity contribution in [1.29, 1.82) is 0 Å². The molecule has 1 aromatic heterocycles. The summed E-state index contributed by atoms with van der Waals surface area (Å²) >= 11 is 0. The number of nitrogens with two attached hydrogens (primary N) is 1. The SMILES string of the molecule is COC(=O)C1CCCCC1CNc1ncnc(N)c1[N+](=O)[O-]. The van der Waals surface area contributed by atoms with Crippen LogP contribution in [0.4, 0.5) is 17.3 Å². The fourth-order valence-electron chi connectivity index (χ4n) is 2.84. The first-order chi connectivity index (χ1) is 10.5. The van der Waals surface area contributed by atoms with E-state index in [4.69, 9.17) is 10.5 Å². The number of nitrogens with zero attached hydrogens (tertiary/aromatic N) is 3. The van der Waals surface area contributed by atoms with Gasteiger partial charge in [-0.1, -0.05) is 12.8 Å². The van der Waals surface area contributed by atoms with Gasteiger partial charge in [-0.2, -0.15) is 0 Å². The number of nitrogen functional groups attached to an aromatic ring is 1. The molecule has 120 valence electrons. The minimum atomic E-state index is -0.615. The number of nitrogens with one attached hydrogen (secondary N) is 1. The number of hydrogen-bond donors (Lipinski definition) is 2. The Morgan fingerprint density at radius 2 is 2.23 bits per heavy atom. The van der Waals surface area contributed by atoms with Crippen molar-refractivity contribution in [3.63, 3.8) is 0 Å².